The van der Waals surface area contributed by atoms with Crippen molar-refractivity contribution in [2.75, 3.05) is 13.2 Å². The molecular formula is C21H42O3. The average Bonchev–Trinajstić information content (AvgIpc) is 2.59. The Balaban J connectivity index is 3.13. The van der Waals surface area contributed by atoms with E-state index in [1.165, 1.54) is 77.0 Å². The van der Waals surface area contributed by atoms with Gasteiger partial charge in [0.15, 0.2) is 0 Å². The summed E-state index contributed by atoms with van der Waals surface area (Å²) in [5, 5.41) is 8.86. The molecule has 0 aromatic heterocycles. The van der Waals surface area contributed by atoms with Gasteiger partial charge in [-0.1, -0.05) is 97.3 Å². The normalized spacial score (nSPS) is 12.3. The maximum absolute atomic E-state index is 11.5. The van der Waals surface area contributed by atoms with Crippen LogP contribution in [0.25, 0.3) is 0 Å². The van der Waals surface area contributed by atoms with Gasteiger partial charge < -0.3 is 9.84 Å². The molecule has 1 N–H and O–H groups in total. The van der Waals surface area contributed by atoms with Crippen LogP contribution in [0.15, 0.2) is 0 Å². The molecule has 144 valence electrons. The summed E-state index contributed by atoms with van der Waals surface area (Å²) in [6.45, 7) is 4.56. The van der Waals surface area contributed by atoms with Gasteiger partial charge in [0.2, 0.25) is 0 Å². The summed E-state index contributed by atoms with van der Waals surface area (Å²) in [7, 11) is 0. The Hall–Kier alpha value is -0.570. The van der Waals surface area contributed by atoms with Crippen LogP contribution in [-0.4, -0.2) is 24.3 Å². The maximum atomic E-state index is 11.5. The highest BCUT2D eigenvalue weighted by atomic mass is 16.5. The van der Waals surface area contributed by atoms with Gasteiger partial charge in [-0.25, -0.2) is 0 Å². The number of rotatable bonds is 18. The molecule has 3 nitrogen and oxygen atoms in total. The standard InChI is InChI=1S/C21H42O3/c1-3-4-5-6-7-8-9-10-11-12-13-14-15-16-17-21(23)24-19-20(2)18-22/h20,22H,3-19H2,1-2H3. The summed E-state index contributed by atoms with van der Waals surface area (Å²) in [6, 6.07) is 0. The first-order chi connectivity index (χ1) is 11.7. The lowest BCUT2D eigenvalue weighted by molar-refractivity contribution is -0.145. The van der Waals surface area contributed by atoms with Gasteiger partial charge in [0, 0.05) is 18.9 Å². The van der Waals surface area contributed by atoms with E-state index in [2.05, 4.69) is 6.92 Å². The first-order valence-electron chi connectivity index (χ1n) is 10.5. The second kappa shape index (κ2) is 18.8. The monoisotopic (exact) mass is 342 g/mol. The van der Waals surface area contributed by atoms with Crippen LogP contribution in [0, 0.1) is 5.92 Å². The third-order valence-corrected chi connectivity index (χ3v) is 4.57. The molecule has 0 aromatic rings. The molecule has 0 rings (SSSR count). The van der Waals surface area contributed by atoms with Crippen molar-refractivity contribution >= 4 is 5.97 Å². The molecule has 0 radical (unpaired) electrons. The molecule has 0 spiro atoms. The first-order valence-corrected chi connectivity index (χ1v) is 10.5. The molecule has 0 aromatic carbocycles. The first kappa shape index (κ1) is 23.4. The SMILES string of the molecule is CCCCCCCCCCCCCCCCC(=O)OCC(C)CO. The van der Waals surface area contributed by atoms with Gasteiger partial charge in [-0.3, -0.25) is 4.79 Å². The molecule has 0 saturated carbocycles. The van der Waals surface area contributed by atoms with Gasteiger partial charge >= 0.3 is 5.97 Å². The summed E-state index contributed by atoms with van der Waals surface area (Å²) in [5.41, 5.74) is 0. The molecule has 0 bridgehead atoms. The zero-order valence-electron chi connectivity index (χ0n) is 16.4. The number of hydrogen-bond donors (Lipinski definition) is 1. The lowest BCUT2D eigenvalue weighted by atomic mass is 10.0. The van der Waals surface area contributed by atoms with Crippen LogP contribution < -0.4 is 0 Å². The molecule has 0 aliphatic rings. The van der Waals surface area contributed by atoms with E-state index in [1.54, 1.807) is 0 Å². The Morgan fingerprint density at radius 2 is 1.21 bits per heavy atom. The summed E-state index contributed by atoms with van der Waals surface area (Å²) in [6.07, 6.45) is 19.1. The van der Waals surface area contributed by atoms with Gasteiger partial charge in [0.25, 0.3) is 0 Å². The largest absolute Gasteiger partial charge is 0.465 e. The number of carbonyl (C=O) groups excluding carboxylic acids is 1. The van der Waals surface area contributed by atoms with Crippen LogP contribution in [-0.2, 0) is 9.53 Å². The third kappa shape index (κ3) is 17.8. The molecule has 0 heterocycles. The van der Waals surface area contributed by atoms with E-state index in [9.17, 15) is 4.79 Å². The zero-order chi connectivity index (χ0) is 17.9. The van der Waals surface area contributed by atoms with E-state index in [4.69, 9.17) is 9.84 Å². The molecule has 0 amide bonds. The Morgan fingerprint density at radius 1 is 0.792 bits per heavy atom. The lowest BCUT2D eigenvalue weighted by Gasteiger charge is -2.08. The van der Waals surface area contributed by atoms with Crippen molar-refractivity contribution in [2.45, 2.75) is 110 Å². The van der Waals surface area contributed by atoms with E-state index in [1.807, 2.05) is 6.92 Å². The number of hydrogen-bond acceptors (Lipinski definition) is 3. The van der Waals surface area contributed by atoms with E-state index >= 15 is 0 Å². The molecule has 0 fully saturated rings. The minimum absolute atomic E-state index is 0.0466. The van der Waals surface area contributed by atoms with Crippen molar-refractivity contribution < 1.29 is 14.6 Å². The quantitative estimate of drug-likeness (QED) is 0.244. The van der Waals surface area contributed by atoms with Crippen molar-refractivity contribution in [2.24, 2.45) is 5.92 Å². The van der Waals surface area contributed by atoms with Gasteiger partial charge in [-0.05, 0) is 6.42 Å². The van der Waals surface area contributed by atoms with Crippen molar-refractivity contribution in [3.05, 3.63) is 0 Å². The van der Waals surface area contributed by atoms with E-state index in [-0.39, 0.29) is 18.5 Å². The predicted molar refractivity (Wildman–Crippen MR) is 102 cm³/mol. The number of carbonyl (C=O) groups is 1. The Kier molecular flexibility index (Phi) is 18.3. The van der Waals surface area contributed by atoms with Crippen LogP contribution in [0.3, 0.4) is 0 Å². The van der Waals surface area contributed by atoms with Gasteiger partial charge in [-0.2, -0.15) is 0 Å². The number of ether oxygens (including phenoxy) is 1. The fraction of sp³-hybridized carbons (Fsp3) is 0.952. The van der Waals surface area contributed by atoms with Crippen molar-refractivity contribution in [1.82, 2.24) is 0 Å². The molecule has 0 saturated heterocycles. The molecule has 1 unspecified atom stereocenters. The zero-order valence-corrected chi connectivity index (χ0v) is 16.4. The molecule has 0 aliphatic carbocycles. The average molecular weight is 343 g/mol. The minimum Gasteiger partial charge on any atom is -0.465 e. The smallest absolute Gasteiger partial charge is 0.305 e. The molecule has 24 heavy (non-hydrogen) atoms. The number of unbranched alkanes of at least 4 members (excludes halogenated alkanes) is 13. The lowest BCUT2D eigenvalue weighted by Crippen LogP contribution is -2.14. The number of aliphatic hydroxyl groups is 1. The van der Waals surface area contributed by atoms with Crippen LogP contribution in [0.1, 0.15) is 110 Å². The second-order valence-electron chi connectivity index (χ2n) is 7.32. The van der Waals surface area contributed by atoms with Gasteiger partial charge in [0.05, 0.1) is 6.61 Å². The van der Waals surface area contributed by atoms with Crippen LogP contribution in [0.5, 0.6) is 0 Å². The van der Waals surface area contributed by atoms with E-state index in [0.29, 0.717) is 13.0 Å². The van der Waals surface area contributed by atoms with E-state index in [0.717, 1.165) is 12.8 Å². The summed E-state index contributed by atoms with van der Waals surface area (Å²) < 4.78 is 5.11. The number of aliphatic hydroxyl groups excluding tert-OH is 1. The topological polar surface area (TPSA) is 46.5 Å². The van der Waals surface area contributed by atoms with Crippen LogP contribution >= 0.6 is 0 Å². The maximum Gasteiger partial charge on any atom is 0.305 e. The van der Waals surface area contributed by atoms with Crippen LogP contribution in [0.2, 0.25) is 0 Å². The molecular weight excluding hydrogens is 300 g/mol. The molecule has 0 aliphatic heterocycles. The highest BCUT2D eigenvalue weighted by molar-refractivity contribution is 5.69. The molecule has 3 heteroatoms. The highest BCUT2D eigenvalue weighted by Gasteiger charge is 2.06. The highest BCUT2D eigenvalue weighted by Crippen LogP contribution is 2.13. The molecule has 1 atom stereocenters. The summed E-state index contributed by atoms with van der Waals surface area (Å²) in [5.74, 6) is -0.0699. The van der Waals surface area contributed by atoms with Crippen molar-refractivity contribution in [3.63, 3.8) is 0 Å². The Labute approximate surface area is 150 Å². The fourth-order valence-corrected chi connectivity index (χ4v) is 2.82. The van der Waals surface area contributed by atoms with Crippen molar-refractivity contribution in [1.29, 1.82) is 0 Å². The van der Waals surface area contributed by atoms with E-state index < -0.39 is 0 Å². The number of esters is 1. The van der Waals surface area contributed by atoms with Gasteiger partial charge in [-0.15, -0.1) is 0 Å². The fourth-order valence-electron chi connectivity index (χ4n) is 2.82. The van der Waals surface area contributed by atoms with Crippen LogP contribution in [0.4, 0.5) is 0 Å². The predicted octanol–water partition coefficient (Wildman–Crippen LogP) is 6.03. The summed E-state index contributed by atoms with van der Waals surface area (Å²) in [4.78, 5) is 11.5. The van der Waals surface area contributed by atoms with Crippen molar-refractivity contribution in [3.8, 4) is 0 Å². The summed E-state index contributed by atoms with van der Waals surface area (Å²) >= 11 is 0. The Bertz CT molecular complexity index is 266. The minimum atomic E-state index is -0.116. The second-order valence-corrected chi connectivity index (χ2v) is 7.32. The van der Waals surface area contributed by atoms with Gasteiger partial charge in [0.1, 0.15) is 0 Å². The third-order valence-electron chi connectivity index (χ3n) is 4.57. The Morgan fingerprint density at radius 3 is 1.62 bits per heavy atom.